The highest BCUT2D eigenvalue weighted by atomic mass is 16.6. The maximum atomic E-state index is 12.7. The number of esters is 3. The van der Waals surface area contributed by atoms with Crippen LogP contribution >= 0.6 is 0 Å². The van der Waals surface area contributed by atoms with Crippen molar-refractivity contribution in [2.75, 3.05) is 13.2 Å². The quantitative estimate of drug-likeness (QED) is 0.0349. The Kier molecular flexibility index (Phi) is 39.4. The average Bonchev–Trinajstić information content (AvgIpc) is 3.15. The second-order valence-corrected chi connectivity index (χ2v) is 17.9. The number of carbonyl (C=O) groups is 3. The third-order valence-corrected chi connectivity index (χ3v) is 11.3. The minimum atomic E-state index is -0.763. The fraction of sp³-hybridized carbons (Fsp3) is 0.939. The van der Waals surface area contributed by atoms with Crippen LogP contribution in [0.1, 0.15) is 260 Å². The molecule has 0 radical (unpaired) electrons. The molecule has 55 heavy (non-hydrogen) atoms. The van der Waals surface area contributed by atoms with Gasteiger partial charge in [-0.25, -0.2) is 0 Å². The van der Waals surface area contributed by atoms with Crippen LogP contribution in [0.4, 0.5) is 0 Å². The molecule has 0 N–H and O–H groups in total. The van der Waals surface area contributed by atoms with Gasteiger partial charge in [-0.3, -0.25) is 14.4 Å². The number of hydrogen-bond donors (Lipinski definition) is 0. The van der Waals surface area contributed by atoms with Crippen molar-refractivity contribution in [1.29, 1.82) is 0 Å². The molecule has 0 bridgehead atoms. The van der Waals surface area contributed by atoms with Crippen LogP contribution in [0, 0.1) is 17.8 Å². The molecule has 0 rings (SSSR count). The Bertz CT molecular complexity index is 854. The fourth-order valence-electron chi connectivity index (χ4n) is 7.20. The van der Waals surface area contributed by atoms with Gasteiger partial charge in [0.15, 0.2) is 6.10 Å². The SMILES string of the molecule is CCC(C)CCCCCCCCC(=O)O[C@@H](COC(=O)CCCCCCCCCCCCCCCCCC(C)C)COC(=O)CCCCCCCCC(C)C. The first-order valence-electron chi connectivity index (χ1n) is 24.1. The number of carbonyl (C=O) groups excluding carboxylic acids is 3. The molecule has 0 aliphatic carbocycles. The minimum absolute atomic E-state index is 0.0668. The van der Waals surface area contributed by atoms with Crippen molar-refractivity contribution >= 4 is 17.9 Å². The van der Waals surface area contributed by atoms with Gasteiger partial charge in [0.2, 0.25) is 0 Å². The molecule has 0 spiro atoms. The first-order valence-corrected chi connectivity index (χ1v) is 24.1. The molecule has 1 unspecified atom stereocenters. The summed E-state index contributed by atoms with van der Waals surface area (Å²) in [6, 6.07) is 0. The molecule has 0 aromatic rings. The van der Waals surface area contributed by atoms with Gasteiger partial charge in [0.25, 0.3) is 0 Å². The smallest absolute Gasteiger partial charge is 0.306 e. The fourth-order valence-corrected chi connectivity index (χ4v) is 7.20. The van der Waals surface area contributed by atoms with Gasteiger partial charge in [-0.15, -0.1) is 0 Å². The summed E-state index contributed by atoms with van der Waals surface area (Å²) < 4.78 is 16.7. The van der Waals surface area contributed by atoms with Crippen molar-refractivity contribution in [3.05, 3.63) is 0 Å². The van der Waals surface area contributed by atoms with E-state index >= 15 is 0 Å². The molecule has 0 fully saturated rings. The van der Waals surface area contributed by atoms with Crippen LogP contribution in [-0.4, -0.2) is 37.2 Å². The van der Waals surface area contributed by atoms with Crippen molar-refractivity contribution in [3.63, 3.8) is 0 Å². The molecular weight excluding hydrogens is 685 g/mol. The maximum absolute atomic E-state index is 12.7. The van der Waals surface area contributed by atoms with E-state index in [1.165, 1.54) is 141 Å². The molecule has 0 aromatic heterocycles. The Morgan fingerprint density at radius 3 is 0.945 bits per heavy atom. The monoisotopic (exact) mass is 779 g/mol. The van der Waals surface area contributed by atoms with Crippen molar-refractivity contribution in [2.45, 2.75) is 266 Å². The number of unbranched alkanes of at least 4 members (excludes halogenated alkanes) is 24. The van der Waals surface area contributed by atoms with Crippen LogP contribution in [0.5, 0.6) is 0 Å². The Balaban J connectivity index is 4.23. The lowest BCUT2D eigenvalue weighted by atomic mass is 10.00. The molecule has 0 aliphatic rings. The molecule has 326 valence electrons. The molecule has 0 aromatic carbocycles. The molecule has 6 heteroatoms. The van der Waals surface area contributed by atoms with E-state index in [2.05, 4.69) is 41.5 Å². The number of ether oxygens (including phenoxy) is 3. The van der Waals surface area contributed by atoms with Crippen LogP contribution in [0.15, 0.2) is 0 Å². The van der Waals surface area contributed by atoms with Gasteiger partial charge < -0.3 is 14.2 Å². The summed E-state index contributed by atoms with van der Waals surface area (Å²) >= 11 is 0. The van der Waals surface area contributed by atoms with Gasteiger partial charge in [-0.05, 0) is 37.0 Å². The molecule has 6 nitrogen and oxygen atoms in total. The van der Waals surface area contributed by atoms with E-state index in [-0.39, 0.29) is 31.1 Å². The Morgan fingerprint density at radius 2 is 0.636 bits per heavy atom. The zero-order chi connectivity index (χ0) is 40.6. The molecule has 0 saturated heterocycles. The Morgan fingerprint density at radius 1 is 0.364 bits per heavy atom. The predicted molar refractivity (Wildman–Crippen MR) is 233 cm³/mol. The van der Waals surface area contributed by atoms with Crippen LogP contribution in [0.25, 0.3) is 0 Å². The Hall–Kier alpha value is -1.59. The highest BCUT2D eigenvalue weighted by Gasteiger charge is 2.19. The van der Waals surface area contributed by atoms with E-state index in [4.69, 9.17) is 14.2 Å². The molecular formula is C49H94O6. The Labute approximate surface area is 342 Å². The molecule has 0 saturated carbocycles. The normalized spacial score (nSPS) is 12.7. The summed E-state index contributed by atoms with van der Waals surface area (Å²) in [5, 5.41) is 0. The number of rotatable bonds is 42. The predicted octanol–water partition coefficient (Wildman–Crippen LogP) is 15.2. The second kappa shape index (κ2) is 40.6. The van der Waals surface area contributed by atoms with Gasteiger partial charge in [-0.1, -0.05) is 221 Å². The summed E-state index contributed by atoms with van der Waals surface area (Å²) in [4.78, 5) is 37.7. The molecule has 0 heterocycles. The van der Waals surface area contributed by atoms with E-state index in [0.717, 1.165) is 75.5 Å². The average molecular weight is 779 g/mol. The van der Waals surface area contributed by atoms with Crippen molar-refractivity contribution in [3.8, 4) is 0 Å². The first-order chi connectivity index (χ1) is 26.6. The minimum Gasteiger partial charge on any atom is -0.462 e. The molecule has 0 aliphatic heterocycles. The highest BCUT2D eigenvalue weighted by Crippen LogP contribution is 2.17. The topological polar surface area (TPSA) is 78.9 Å². The van der Waals surface area contributed by atoms with Gasteiger partial charge >= 0.3 is 17.9 Å². The van der Waals surface area contributed by atoms with Gasteiger partial charge in [0.1, 0.15) is 13.2 Å². The van der Waals surface area contributed by atoms with Gasteiger partial charge in [-0.2, -0.15) is 0 Å². The lowest BCUT2D eigenvalue weighted by Gasteiger charge is -2.18. The molecule has 2 atom stereocenters. The zero-order valence-corrected chi connectivity index (χ0v) is 37.7. The van der Waals surface area contributed by atoms with E-state index in [1.807, 2.05) is 0 Å². The lowest BCUT2D eigenvalue weighted by molar-refractivity contribution is -0.167. The second-order valence-electron chi connectivity index (χ2n) is 17.9. The summed E-state index contributed by atoms with van der Waals surface area (Å²) in [6.45, 7) is 13.6. The van der Waals surface area contributed by atoms with Crippen LogP contribution in [0.3, 0.4) is 0 Å². The zero-order valence-electron chi connectivity index (χ0n) is 37.7. The summed E-state index contributed by atoms with van der Waals surface area (Å²) in [7, 11) is 0. The van der Waals surface area contributed by atoms with Crippen LogP contribution in [-0.2, 0) is 28.6 Å². The first kappa shape index (κ1) is 53.4. The molecule has 0 amide bonds. The van der Waals surface area contributed by atoms with Gasteiger partial charge in [0, 0.05) is 19.3 Å². The van der Waals surface area contributed by atoms with Crippen LogP contribution in [0.2, 0.25) is 0 Å². The van der Waals surface area contributed by atoms with Gasteiger partial charge in [0.05, 0.1) is 0 Å². The largest absolute Gasteiger partial charge is 0.462 e. The summed E-state index contributed by atoms with van der Waals surface area (Å²) in [6.07, 6.45) is 38.2. The standard InChI is InChI=1S/C49H94O6/c1-7-45(6)37-31-25-20-22-28-34-40-49(52)55-46(42-54-48(51)39-33-27-21-19-24-30-36-44(4)5)41-53-47(50)38-32-26-18-16-14-12-10-8-9-11-13-15-17-23-29-35-43(2)3/h43-46H,7-42H2,1-6H3/t45?,46-/m0/s1. The van der Waals surface area contributed by atoms with Crippen molar-refractivity contribution in [2.24, 2.45) is 17.8 Å². The summed E-state index contributed by atoms with van der Waals surface area (Å²) in [5.41, 5.74) is 0. The maximum Gasteiger partial charge on any atom is 0.306 e. The van der Waals surface area contributed by atoms with E-state index < -0.39 is 6.10 Å². The van der Waals surface area contributed by atoms with E-state index in [0.29, 0.717) is 19.3 Å². The third-order valence-electron chi connectivity index (χ3n) is 11.3. The number of hydrogen-bond acceptors (Lipinski definition) is 6. The van der Waals surface area contributed by atoms with Crippen molar-refractivity contribution in [1.82, 2.24) is 0 Å². The van der Waals surface area contributed by atoms with E-state index in [9.17, 15) is 14.4 Å². The lowest BCUT2D eigenvalue weighted by Crippen LogP contribution is -2.30. The van der Waals surface area contributed by atoms with Crippen LogP contribution < -0.4 is 0 Å². The summed E-state index contributed by atoms with van der Waals surface area (Å²) in [5.74, 6) is 1.56. The highest BCUT2D eigenvalue weighted by molar-refractivity contribution is 5.71. The van der Waals surface area contributed by atoms with Crippen molar-refractivity contribution < 1.29 is 28.6 Å². The van der Waals surface area contributed by atoms with E-state index in [1.54, 1.807) is 0 Å². The third kappa shape index (κ3) is 41.9.